The first kappa shape index (κ1) is 15.7. The SMILES string of the molecule is CCNc1cc(C(=O)N(CC)CCCO)cc(Cl)n1. The molecule has 1 rings (SSSR count). The quantitative estimate of drug-likeness (QED) is 0.752. The third kappa shape index (κ3) is 4.69. The Kier molecular flexibility index (Phi) is 6.59. The third-order valence-electron chi connectivity index (χ3n) is 2.65. The lowest BCUT2D eigenvalue weighted by Gasteiger charge is -2.20. The van der Waals surface area contributed by atoms with Crippen LogP contribution in [-0.2, 0) is 0 Å². The lowest BCUT2D eigenvalue weighted by molar-refractivity contribution is 0.0754. The first-order valence-corrected chi connectivity index (χ1v) is 6.81. The van der Waals surface area contributed by atoms with Crippen molar-refractivity contribution < 1.29 is 9.90 Å². The minimum atomic E-state index is -0.0978. The largest absolute Gasteiger partial charge is 0.396 e. The molecule has 0 bridgehead atoms. The molecule has 0 fully saturated rings. The van der Waals surface area contributed by atoms with E-state index >= 15 is 0 Å². The first-order valence-electron chi connectivity index (χ1n) is 6.44. The molecule has 0 aliphatic rings. The molecule has 106 valence electrons. The molecular weight excluding hydrogens is 266 g/mol. The Balaban J connectivity index is 2.90. The van der Waals surface area contributed by atoms with Gasteiger partial charge in [-0.25, -0.2) is 4.98 Å². The van der Waals surface area contributed by atoms with Crippen molar-refractivity contribution in [2.45, 2.75) is 20.3 Å². The van der Waals surface area contributed by atoms with Crippen molar-refractivity contribution in [2.75, 3.05) is 31.6 Å². The van der Waals surface area contributed by atoms with Gasteiger partial charge < -0.3 is 15.3 Å². The van der Waals surface area contributed by atoms with Crippen molar-refractivity contribution >= 4 is 23.3 Å². The second kappa shape index (κ2) is 7.96. The lowest BCUT2D eigenvalue weighted by atomic mass is 10.2. The molecule has 0 aromatic carbocycles. The number of hydrogen-bond donors (Lipinski definition) is 2. The third-order valence-corrected chi connectivity index (χ3v) is 2.85. The van der Waals surface area contributed by atoms with Gasteiger partial charge in [-0.1, -0.05) is 11.6 Å². The summed E-state index contributed by atoms with van der Waals surface area (Å²) in [6, 6.07) is 3.26. The summed E-state index contributed by atoms with van der Waals surface area (Å²) in [4.78, 5) is 18.1. The van der Waals surface area contributed by atoms with E-state index in [-0.39, 0.29) is 12.5 Å². The van der Waals surface area contributed by atoms with E-state index in [1.54, 1.807) is 17.0 Å². The Morgan fingerprint density at radius 2 is 2.21 bits per heavy atom. The van der Waals surface area contributed by atoms with Crippen LogP contribution in [0.15, 0.2) is 12.1 Å². The van der Waals surface area contributed by atoms with Gasteiger partial charge in [-0.3, -0.25) is 4.79 Å². The van der Waals surface area contributed by atoms with E-state index in [0.29, 0.717) is 42.6 Å². The highest BCUT2D eigenvalue weighted by molar-refractivity contribution is 6.29. The van der Waals surface area contributed by atoms with E-state index in [4.69, 9.17) is 16.7 Å². The molecule has 2 N–H and O–H groups in total. The van der Waals surface area contributed by atoms with Crippen molar-refractivity contribution in [3.8, 4) is 0 Å². The van der Waals surface area contributed by atoms with E-state index in [1.165, 1.54) is 0 Å². The van der Waals surface area contributed by atoms with Crippen molar-refractivity contribution in [3.63, 3.8) is 0 Å². The molecule has 0 aliphatic heterocycles. The fourth-order valence-corrected chi connectivity index (χ4v) is 1.95. The van der Waals surface area contributed by atoms with Gasteiger partial charge in [-0.15, -0.1) is 0 Å². The van der Waals surface area contributed by atoms with E-state index in [1.807, 2.05) is 13.8 Å². The van der Waals surface area contributed by atoms with Crippen molar-refractivity contribution in [1.29, 1.82) is 0 Å². The number of amides is 1. The first-order chi connectivity index (χ1) is 9.12. The van der Waals surface area contributed by atoms with Crippen LogP contribution in [0.2, 0.25) is 5.15 Å². The van der Waals surface area contributed by atoms with Crippen LogP contribution in [0.4, 0.5) is 5.82 Å². The maximum absolute atomic E-state index is 12.3. The highest BCUT2D eigenvalue weighted by Crippen LogP contribution is 2.16. The number of carbonyl (C=O) groups excluding carboxylic acids is 1. The fraction of sp³-hybridized carbons (Fsp3) is 0.538. The number of halogens is 1. The van der Waals surface area contributed by atoms with Crippen molar-refractivity contribution in [1.82, 2.24) is 9.88 Å². The van der Waals surface area contributed by atoms with Crippen LogP contribution < -0.4 is 5.32 Å². The number of nitrogens with zero attached hydrogens (tertiary/aromatic N) is 2. The lowest BCUT2D eigenvalue weighted by Crippen LogP contribution is -2.32. The molecule has 5 nitrogen and oxygen atoms in total. The Bertz CT molecular complexity index is 426. The fourth-order valence-electron chi connectivity index (χ4n) is 1.74. The Morgan fingerprint density at radius 3 is 2.79 bits per heavy atom. The van der Waals surface area contributed by atoms with Crippen LogP contribution in [0.25, 0.3) is 0 Å². The van der Waals surface area contributed by atoms with Gasteiger partial charge in [0.1, 0.15) is 11.0 Å². The van der Waals surface area contributed by atoms with E-state index < -0.39 is 0 Å². The molecular formula is C13H20ClN3O2. The Hall–Kier alpha value is -1.33. The zero-order valence-corrected chi connectivity index (χ0v) is 12.1. The summed E-state index contributed by atoms with van der Waals surface area (Å²) < 4.78 is 0. The molecule has 0 spiro atoms. The summed E-state index contributed by atoms with van der Waals surface area (Å²) in [5, 5.41) is 12.2. The maximum atomic E-state index is 12.3. The number of hydrogen-bond acceptors (Lipinski definition) is 4. The smallest absolute Gasteiger partial charge is 0.254 e. The normalized spacial score (nSPS) is 10.3. The van der Waals surface area contributed by atoms with Crippen LogP contribution in [0.5, 0.6) is 0 Å². The van der Waals surface area contributed by atoms with Crippen LogP contribution in [-0.4, -0.2) is 47.1 Å². The number of aliphatic hydroxyl groups is 1. The zero-order chi connectivity index (χ0) is 14.3. The average molecular weight is 286 g/mol. The van der Waals surface area contributed by atoms with Crippen molar-refractivity contribution in [3.05, 3.63) is 22.8 Å². The molecule has 0 unspecified atom stereocenters. The van der Waals surface area contributed by atoms with Crippen LogP contribution in [0.1, 0.15) is 30.6 Å². The van der Waals surface area contributed by atoms with Gasteiger partial charge >= 0.3 is 0 Å². The number of aromatic nitrogens is 1. The molecule has 0 radical (unpaired) electrons. The molecule has 19 heavy (non-hydrogen) atoms. The highest BCUT2D eigenvalue weighted by Gasteiger charge is 2.15. The maximum Gasteiger partial charge on any atom is 0.254 e. The van der Waals surface area contributed by atoms with E-state index in [2.05, 4.69) is 10.3 Å². The number of rotatable bonds is 7. The van der Waals surface area contributed by atoms with Gasteiger partial charge in [0.2, 0.25) is 0 Å². The zero-order valence-electron chi connectivity index (χ0n) is 11.3. The summed E-state index contributed by atoms with van der Waals surface area (Å²) in [7, 11) is 0. The second-order valence-electron chi connectivity index (χ2n) is 4.06. The number of aliphatic hydroxyl groups excluding tert-OH is 1. The summed E-state index contributed by atoms with van der Waals surface area (Å²) in [5.41, 5.74) is 0.510. The standard InChI is InChI=1S/C13H20ClN3O2/c1-3-15-12-9-10(8-11(14)16-12)13(19)17(4-2)6-5-7-18/h8-9,18H,3-7H2,1-2H3,(H,15,16). The average Bonchev–Trinajstić information content (AvgIpc) is 2.39. The topological polar surface area (TPSA) is 65.5 Å². The number of anilines is 1. The molecule has 0 aliphatic carbocycles. The molecule has 0 saturated carbocycles. The molecule has 1 amide bonds. The second-order valence-corrected chi connectivity index (χ2v) is 4.44. The summed E-state index contributed by atoms with van der Waals surface area (Å²) in [5.74, 6) is 0.496. The van der Waals surface area contributed by atoms with Gasteiger partial charge in [0.15, 0.2) is 0 Å². The molecule has 1 aromatic heterocycles. The van der Waals surface area contributed by atoms with Crippen molar-refractivity contribution in [2.24, 2.45) is 0 Å². The monoisotopic (exact) mass is 285 g/mol. The van der Waals surface area contributed by atoms with Gasteiger partial charge in [-0.05, 0) is 32.4 Å². The minimum Gasteiger partial charge on any atom is -0.396 e. The minimum absolute atomic E-state index is 0.0729. The summed E-state index contributed by atoms with van der Waals surface area (Å²) in [6.45, 7) is 5.76. The Morgan fingerprint density at radius 1 is 1.47 bits per heavy atom. The number of pyridine rings is 1. The van der Waals surface area contributed by atoms with Crippen LogP contribution >= 0.6 is 11.6 Å². The molecule has 1 heterocycles. The number of nitrogens with one attached hydrogen (secondary N) is 1. The van der Waals surface area contributed by atoms with E-state index in [0.717, 1.165) is 0 Å². The molecule has 0 saturated heterocycles. The van der Waals surface area contributed by atoms with Gasteiger partial charge in [-0.2, -0.15) is 0 Å². The molecule has 6 heteroatoms. The predicted molar refractivity (Wildman–Crippen MR) is 76.7 cm³/mol. The summed E-state index contributed by atoms with van der Waals surface area (Å²) >= 11 is 5.92. The molecule has 0 atom stereocenters. The van der Waals surface area contributed by atoms with Crippen LogP contribution in [0.3, 0.4) is 0 Å². The highest BCUT2D eigenvalue weighted by atomic mass is 35.5. The van der Waals surface area contributed by atoms with Gasteiger partial charge in [0, 0.05) is 31.8 Å². The van der Waals surface area contributed by atoms with Gasteiger partial charge in [0.05, 0.1) is 0 Å². The summed E-state index contributed by atoms with van der Waals surface area (Å²) in [6.07, 6.45) is 0.568. The van der Waals surface area contributed by atoms with E-state index in [9.17, 15) is 4.79 Å². The Labute approximate surface area is 118 Å². The van der Waals surface area contributed by atoms with Gasteiger partial charge in [0.25, 0.3) is 5.91 Å². The predicted octanol–water partition coefficient (Wildman–Crippen LogP) is 2.01. The number of carbonyl (C=O) groups is 1. The van der Waals surface area contributed by atoms with Crippen LogP contribution in [0, 0.1) is 0 Å². The molecule has 1 aromatic rings.